The summed E-state index contributed by atoms with van der Waals surface area (Å²) in [6.45, 7) is 1.68. The number of esters is 1. The second-order valence-corrected chi connectivity index (χ2v) is 5.43. The molecule has 2 rings (SSSR count). The maximum atomic E-state index is 11.7. The molecule has 1 unspecified atom stereocenters. The minimum atomic E-state index is -1.40. The summed E-state index contributed by atoms with van der Waals surface area (Å²) in [4.78, 5) is 33.2. The summed E-state index contributed by atoms with van der Waals surface area (Å²) < 4.78 is 4.66. The molecule has 126 valence electrons. The van der Waals surface area contributed by atoms with E-state index in [0.29, 0.717) is 11.1 Å². The zero-order valence-corrected chi connectivity index (χ0v) is 13.2. The highest BCUT2D eigenvalue weighted by Crippen LogP contribution is 2.40. The Kier molecular flexibility index (Phi) is 4.77. The number of nitro groups is 2. The van der Waals surface area contributed by atoms with Crippen LogP contribution >= 0.6 is 0 Å². The van der Waals surface area contributed by atoms with Crippen molar-refractivity contribution < 1.29 is 19.4 Å². The fourth-order valence-electron chi connectivity index (χ4n) is 2.73. The van der Waals surface area contributed by atoms with Crippen LogP contribution in [0.15, 0.2) is 41.5 Å². The number of nitrogens with zero attached hydrogens (tertiary/aromatic N) is 2. The number of carbonyl (C=O) groups excluding carboxylic acids is 1. The van der Waals surface area contributed by atoms with Crippen molar-refractivity contribution in [2.45, 2.75) is 25.3 Å². The van der Waals surface area contributed by atoms with Gasteiger partial charge in [0.05, 0.1) is 18.5 Å². The molecule has 0 aromatic heterocycles. The molecule has 0 N–H and O–H groups in total. The van der Waals surface area contributed by atoms with Gasteiger partial charge in [0.2, 0.25) is 0 Å². The van der Waals surface area contributed by atoms with Gasteiger partial charge in [0.25, 0.3) is 11.2 Å². The molecule has 0 saturated heterocycles. The third-order valence-corrected chi connectivity index (χ3v) is 4.16. The van der Waals surface area contributed by atoms with Gasteiger partial charge in [-0.15, -0.1) is 0 Å². The monoisotopic (exact) mass is 332 g/mol. The lowest BCUT2D eigenvalue weighted by molar-refractivity contribution is -0.556. The molecule has 8 nitrogen and oxygen atoms in total. The number of methoxy groups -OCH3 is 1. The van der Waals surface area contributed by atoms with Gasteiger partial charge in [-0.3, -0.25) is 20.2 Å². The fraction of sp³-hybridized carbons (Fsp3) is 0.312. The van der Waals surface area contributed by atoms with E-state index in [9.17, 15) is 25.0 Å². The predicted molar refractivity (Wildman–Crippen MR) is 85.8 cm³/mol. The molecule has 1 aromatic rings. The summed E-state index contributed by atoms with van der Waals surface area (Å²) in [5.41, 5.74) is -0.262. The zero-order valence-electron chi connectivity index (χ0n) is 13.2. The van der Waals surface area contributed by atoms with E-state index in [2.05, 4.69) is 4.74 Å². The standard InChI is InChI=1S/C16H16N2O6/c1-3-16(18(22)23)10-12(15(19)24-2)9-13(16)8-11-4-6-14(7-5-11)17(20)21/h4-9H,3,10H2,1-2H3/b13-8-. The molecule has 0 amide bonds. The Labute approximate surface area is 137 Å². The number of benzene rings is 1. The Balaban J connectivity index is 2.48. The summed E-state index contributed by atoms with van der Waals surface area (Å²) in [6, 6.07) is 5.67. The quantitative estimate of drug-likeness (QED) is 0.465. The molecule has 1 aromatic carbocycles. The van der Waals surface area contributed by atoms with Crippen LogP contribution in [-0.2, 0) is 9.53 Å². The first-order valence-corrected chi connectivity index (χ1v) is 7.24. The van der Waals surface area contributed by atoms with Crippen LogP contribution in [0, 0.1) is 20.2 Å². The average molecular weight is 332 g/mol. The van der Waals surface area contributed by atoms with Gasteiger partial charge in [0.15, 0.2) is 0 Å². The van der Waals surface area contributed by atoms with Crippen LogP contribution in [-0.4, -0.2) is 28.5 Å². The molecular weight excluding hydrogens is 316 g/mol. The van der Waals surface area contributed by atoms with Crippen LogP contribution in [0.25, 0.3) is 6.08 Å². The second kappa shape index (κ2) is 6.61. The molecule has 0 radical (unpaired) electrons. The number of hydrogen-bond donors (Lipinski definition) is 0. The van der Waals surface area contributed by atoms with Crippen molar-refractivity contribution in [1.82, 2.24) is 0 Å². The Morgan fingerprint density at radius 3 is 2.38 bits per heavy atom. The van der Waals surface area contributed by atoms with E-state index in [-0.39, 0.29) is 24.1 Å². The first-order chi connectivity index (χ1) is 11.3. The maximum absolute atomic E-state index is 11.7. The smallest absolute Gasteiger partial charge is 0.334 e. The summed E-state index contributed by atoms with van der Waals surface area (Å²) >= 11 is 0. The predicted octanol–water partition coefficient (Wildman–Crippen LogP) is 2.91. The van der Waals surface area contributed by atoms with E-state index >= 15 is 0 Å². The molecule has 0 saturated carbocycles. The van der Waals surface area contributed by atoms with Gasteiger partial charge >= 0.3 is 5.97 Å². The van der Waals surface area contributed by atoms with E-state index in [1.165, 1.54) is 37.5 Å². The first kappa shape index (κ1) is 17.3. The van der Waals surface area contributed by atoms with Crippen molar-refractivity contribution in [1.29, 1.82) is 0 Å². The fourth-order valence-corrected chi connectivity index (χ4v) is 2.73. The minimum absolute atomic E-state index is 0.0397. The van der Waals surface area contributed by atoms with Crippen molar-refractivity contribution in [2.75, 3.05) is 7.11 Å². The lowest BCUT2D eigenvalue weighted by Gasteiger charge is -2.20. The summed E-state index contributed by atoms with van der Waals surface area (Å²) in [7, 11) is 1.22. The van der Waals surface area contributed by atoms with Crippen LogP contribution in [0.4, 0.5) is 5.69 Å². The molecule has 1 atom stereocenters. The van der Waals surface area contributed by atoms with Crippen LogP contribution in [0.2, 0.25) is 0 Å². The highest BCUT2D eigenvalue weighted by Gasteiger charge is 2.50. The second-order valence-electron chi connectivity index (χ2n) is 5.43. The molecule has 8 heteroatoms. The maximum Gasteiger partial charge on any atom is 0.334 e. The van der Waals surface area contributed by atoms with Gasteiger partial charge in [0, 0.05) is 34.6 Å². The third kappa shape index (κ3) is 3.03. The van der Waals surface area contributed by atoms with Crippen LogP contribution in [0.5, 0.6) is 0 Å². The van der Waals surface area contributed by atoms with Gasteiger partial charge in [-0.1, -0.05) is 6.92 Å². The minimum Gasteiger partial charge on any atom is -0.466 e. The molecule has 0 heterocycles. The largest absolute Gasteiger partial charge is 0.466 e. The topological polar surface area (TPSA) is 113 Å². The van der Waals surface area contributed by atoms with E-state index < -0.39 is 21.4 Å². The number of nitro benzene ring substituents is 1. The van der Waals surface area contributed by atoms with Crippen molar-refractivity contribution >= 4 is 17.7 Å². The van der Waals surface area contributed by atoms with Crippen LogP contribution in [0.1, 0.15) is 25.3 Å². The Morgan fingerprint density at radius 2 is 1.92 bits per heavy atom. The Morgan fingerprint density at radius 1 is 1.29 bits per heavy atom. The number of ether oxygens (including phenoxy) is 1. The third-order valence-electron chi connectivity index (χ3n) is 4.16. The molecule has 0 bridgehead atoms. The molecule has 1 aliphatic rings. The number of non-ortho nitro benzene ring substituents is 1. The van der Waals surface area contributed by atoms with Crippen LogP contribution in [0.3, 0.4) is 0 Å². The Hall–Kier alpha value is -3.03. The number of carbonyl (C=O) groups is 1. The molecule has 0 spiro atoms. The van der Waals surface area contributed by atoms with Crippen molar-refractivity contribution in [3.8, 4) is 0 Å². The first-order valence-electron chi connectivity index (χ1n) is 7.24. The molecule has 24 heavy (non-hydrogen) atoms. The lowest BCUT2D eigenvalue weighted by atomic mass is 9.87. The summed E-state index contributed by atoms with van der Waals surface area (Å²) in [5.74, 6) is -0.596. The SMILES string of the molecule is CCC1([N+](=O)[O-])CC(C(=O)OC)=C/C1=C/c1ccc([N+](=O)[O-])cc1. The number of hydrogen-bond acceptors (Lipinski definition) is 6. The zero-order chi connectivity index (χ0) is 17.9. The van der Waals surface area contributed by atoms with Gasteiger partial charge in [-0.25, -0.2) is 4.79 Å². The van der Waals surface area contributed by atoms with Crippen LogP contribution < -0.4 is 0 Å². The normalized spacial score (nSPS) is 21.4. The summed E-state index contributed by atoms with van der Waals surface area (Å²) in [6.07, 6.45) is 3.21. The van der Waals surface area contributed by atoms with Crippen molar-refractivity contribution in [2.24, 2.45) is 0 Å². The molecule has 1 aliphatic carbocycles. The van der Waals surface area contributed by atoms with E-state index in [4.69, 9.17) is 0 Å². The van der Waals surface area contributed by atoms with Gasteiger partial charge in [-0.05, 0) is 29.8 Å². The summed E-state index contributed by atoms with van der Waals surface area (Å²) in [5, 5.41) is 22.3. The van der Waals surface area contributed by atoms with E-state index in [1.807, 2.05) is 0 Å². The highest BCUT2D eigenvalue weighted by molar-refractivity contribution is 5.91. The molecular formula is C16H16N2O6. The highest BCUT2D eigenvalue weighted by atomic mass is 16.6. The Bertz CT molecular complexity index is 750. The van der Waals surface area contributed by atoms with E-state index in [0.717, 1.165) is 0 Å². The van der Waals surface area contributed by atoms with Gasteiger partial charge < -0.3 is 4.74 Å². The van der Waals surface area contributed by atoms with Crippen molar-refractivity contribution in [3.63, 3.8) is 0 Å². The van der Waals surface area contributed by atoms with Gasteiger partial charge in [0.1, 0.15) is 0 Å². The van der Waals surface area contributed by atoms with E-state index in [1.54, 1.807) is 13.0 Å². The molecule has 0 aliphatic heterocycles. The number of rotatable bonds is 5. The van der Waals surface area contributed by atoms with Crippen molar-refractivity contribution in [3.05, 3.63) is 67.3 Å². The van der Waals surface area contributed by atoms with Gasteiger partial charge in [-0.2, -0.15) is 0 Å². The lowest BCUT2D eigenvalue weighted by Crippen LogP contribution is -2.37. The average Bonchev–Trinajstić information content (AvgIpc) is 2.94. The molecule has 0 fully saturated rings.